The first-order valence-electron chi connectivity index (χ1n) is 23.1. The maximum absolute atomic E-state index is 14.5. The van der Waals surface area contributed by atoms with Gasteiger partial charge >= 0.3 is 0 Å². The number of carbonyl (C=O) groups excluding carboxylic acids is 6. The smallest absolute Gasteiger partial charge is 0.264 e. The molecule has 0 radical (unpaired) electrons. The van der Waals surface area contributed by atoms with Gasteiger partial charge in [-0.05, 0) is 106 Å². The van der Waals surface area contributed by atoms with Gasteiger partial charge in [0, 0.05) is 54.0 Å². The molecule has 3 fully saturated rings. The summed E-state index contributed by atoms with van der Waals surface area (Å²) in [5.74, 6) is 4.18. The number of ether oxygens (including phenoxy) is 2. The van der Waals surface area contributed by atoms with Gasteiger partial charge in [-0.3, -0.25) is 39.0 Å². The quantitative estimate of drug-likeness (QED) is 0.0838. The summed E-state index contributed by atoms with van der Waals surface area (Å²) in [6.07, 6.45) is 6.70. The molecule has 350 valence electrons. The van der Waals surface area contributed by atoms with Gasteiger partial charge < -0.3 is 30.7 Å². The number of aryl methyl sites for hydroxylation is 1. The number of nitrogens with zero attached hydrogens (tertiary/aromatic N) is 3. The molecule has 1 unspecified atom stereocenters. The second kappa shape index (κ2) is 20.3. The number of hydrogen-bond acceptors (Lipinski definition) is 11. The summed E-state index contributed by atoms with van der Waals surface area (Å²) in [6, 6.07) is 15.2. The summed E-state index contributed by atoms with van der Waals surface area (Å²) in [5.41, 5.74) is 9.78. The summed E-state index contributed by atoms with van der Waals surface area (Å²) >= 11 is 0. The van der Waals surface area contributed by atoms with Crippen molar-refractivity contribution in [2.24, 2.45) is 23.5 Å². The SMILES string of the molecule is CC[C@@H]1[C@H](F)C(=O)N[C@@H]1COc1ncc(C#CC2CCC(CN(C)CCCc3ccc(CNc4cccc5c4C(=O)N(C4CCC(=O)NC4=O)C5=O)cc3)CC2)c2cc(C(N)=O)c(OC)cc12. The summed E-state index contributed by atoms with van der Waals surface area (Å²) in [6.45, 7) is 4.27. The molecule has 1 aliphatic carbocycles. The van der Waals surface area contributed by atoms with E-state index in [2.05, 4.69) is 69.0 Å². The number of amides is 6. The number of hydrogen-bond donors (Lipinski definition) is 4. The van der Waals surface area contributed by atoms with Crippen LogP contribution in [0, 0.1) is 29.6 Å². The molecule has 2 saturated heterocycles. The fourth-order valence-electron chi connectivity index (χ4n) is 9.85. The first-order valence-corrected chi connectivity index (χ1v) is 23.1. The number of primary amides is 1. The highest BCUT2D eigenvalue weighted by Crippen LogP contribution is 2.36. The third kappa shape index (κ3) is 10.1. The average molecular weight is 914 g/mol. The number of pyridine rings is 1. The predicted octanol–water partition coefficient (Wildman–Crippen LogP) is 5.32. The van der Waals surface area contributed by atoms with Crippen LogP contribution in [0.1, 0.15) is 106 Å². The van der Waals surface area contributed by atoms with Gasteiger partial charge in [-0.1, -0.05) is 49.1 Å². The van der Waals surface area contributed by atoms with Crippen LogP contribution in [0.25, 0.3) is 10.8 Å². The average Bonchev–Trinajstić information content (AvgIpc) is 3.75. The maximum Gasteiger partial charge on any atom is 0.264 e. The molecule has 67 heavy (non-hydrogen) atoms. The van der Waals surface area contributed by atoms with Crippen LogP contribution in [0.4, 0.5) is 10.1 Å². The van der Waals surface area contributed by atoms with E-state index >= 15 is 0 Å². The molecule has 3 aliphatic heterocycles. The van der Waals surface area contributed by atoms with Gasteiger partial charge in [0.2, 0.25) is 17.7 Å². The number of anilines is 1. The number of halogens is 1. The molecule has 1 aromatic heterocycles. The zero-order valence-corrected chi connectivity index (χ0v) is 38.0. The number of nitrogens with one attached hydrogen (secondary N) is 3. The van der Waals surface area contributed by atoms with Crippen molar-refractivity contribution in [2.45, 2.75) is 89.5 Å². The number of nitrogens with two attached hydrogens (primary N) is 1. The van der Waals surface area contributed by atoms with E-state index in [9.17, 15) is 33.2 Å². The lowest BCUT2D eigenvalue weighted by Gasteiger charge is -2.29. The first-order chi connectivity index (χ1) is 32.3. The summed E-state index contributed by atoms with van der Waals surface area (Å²) in [7, 11) is 3.62. The fraction of sp³-hybridized carbons (Fsp3) is 0.431. The number of carbonyl (C=O) groups is 6. The van der Waals surface area contributed by atoms with E-state index < -0.39 is 59.6 Å². The number of benzene rings is 3. The van der Waals surface area contributed by atoms with Gasteiger partial charge in [0.05, 0.1) is 35.4 Å². The second-order valence-corrected chi connectivity index (χ2v) is 18.0. The number of methoxy groups -OCH3 is 1. The van der Waals surface area contributed by atoms with Crippen LogP contribution >= 0.6 is 0 Å². The third-order valence-electron chi connectivity index (χ3n) is 13.6. The van der Waals surface area contributed by atoms with Crippen molar-refractivity contribution in [3.63, 3.8) is 0 Å². The molecule has 4 heterocycles. The topological polar surface area (TPSA) is 202 Å². The lowest BCUT2D eigenvalue weighted by atomic mass is 9.82. The molecule has 0 spiro atoms. The Balaban J connectivity index is 0.801. The molecule has 4 aromatic rings. The number of rotatable bonds is 16. The molecular weight excluding hydrogens is 858 g/mol. The number of piperidine rings is 1. The van der Waals surface area contributed by atoms with Crippen molar-refractivity contribution >= 4 is 51.9 Å². The van der Waals surface area contributed by atoms with Gasteiger partial charge in [0.1, 0.15) is 18.4 Å². The zero-order chi connectivity index (χ0) is 47.4. The summed E-state index contributed by atoms with van der Waals surface area (Å²) in [5, 5.41) is 9.42. The summed E-state index contributed by atoms with van der Waals surface area (Å²) < 4.78 is 26.0. The van der Waals surface area contributed by atoms with Crippen LogP contribution in [-0.2, 0) is 27.3 Å². The molecule has 6 amide bonds. The molecule has 4 atom stereocenters. The Morgan fingerprint density at radius 3 is 2.46 bits per heavy atom. The van der Waals surface area contributed by atoms with Crippen molar-refractivity contribution in [3.8, 4) is 23.5 Å². The standard InChI is InChI=1S/C51H56FN7O8/c1-4-34-40(56-48(63)45(34)52)28-67-49-37-24-42(66-3)38(46(53)61)23-36(37)33(26-55-49)19-18-30-12-16-32(17-13-30)27-58(2)22-6-7-29-10-14-31(15-11-29)25-54-39-9-5-8-35-44(39)51(65)59(50(35)64)41-20-21-43(60)57-47(41)62/h5,8-11,14-15,23-24,26,30,32,34,40-41,45,54H,4,6-7,12-13,16-17,20-22,25,27-28H2,1-3H3,(H2,53,61)(H,56,63)(H,57,60,62)/t30?,32?,34-,40+,41?,45-/m0/s1. The molecule has 0 bridgehead atoms. The Hall–Kier alpha value is -6.86. The number of aromatic nitrogens is 1. The minimum atomic E-state index is -1.59. The van der Waals surface area contributed by atoms with Gasteiger partial charge in [-0.15, -0.1) is 0 Å². The third-order valence-corrected chi connectivity index (χ3v) is 13.6. The van der Waals surface area contributed by atoms with E-state index in [0.29, 0.717) is 40.9 Å². The van der Waals surface area contributed by atoms with E-state index in [-0.39, 0.29) is 53.7 Å². The zero-order valence-electron chi connectivity index (χ0n) is 38.0. The van der Waals surface area contributed by atoms with E-state index in [1.807, 2.05) is 6.92 Å². The normalized spacial score (nSPS) is 22.6. The van der Waals surface area contributed by atoms with Crippen LogP contribution in [0.5, 0.6) is 11.6 Å². The molecule has 8 rings (SSSR count). The minimum Gasteiger partial charge on any atom is -0.496 e. The van der Waals surface area contributed by atoms with E-state index in [0.717, 1.165) is 62.1 Å². The van der Waals surface area contributed by atoms with Crippen molar-refractivity contribution in [3.05, 3.63) is 94.2 Å². The molecule has 5 N–H and O–H groups in total. The Bertz CT molecular complexity index is 2660. The van der Waals surface area contributed by atoms with Crippen LogP contribution in [-0.4, -0.2) is 102 Å². The van der Waals surface area contributed by atoms with E-state index in [1.165, 1.54) is 12.7 Å². The largest absolute Gasteiger partial charge is 0.496 e. The molecule has 16 heteroatoms. The lowest BCUT2D eigenvalue weighted by molar-refractivity contribution is -0.136. The Morgan fingerprint density at radius 2 is 1.75 bits per heavy atom. The number of alkyl halides is 1. The first kappa shape index (κ1) is 46.7. The Kier molecular flexibility index (Phi) is 14.2. The van der Waals surface area contributed by atoms with E-state index in [1.54, 1.807) is 36.5 Å². The van der Waals surface area contributed by atoms with Gasteiger partial charge in [-0.25, -0.2) is 9.37 Å². The monoisotopic (exact) mass is 913 g/mol. The highest BCUT2D eigenvalue weighted by atomic mass is 19.1. The highest BCUT2D eigenvalue weighted by molar-refractivity contribution is 6.25. The van der Waals surface area contributed by atoms with Crippen molar-refractivity contribution in [2.75, 3.05) is 39.2 Å². The summed E-state index contributed by atoms with van der Waals surface area (Å²) in [4.78, 5) is 83.2. The predicted molar refractivity (Wildman–Crippen MR) is 248 cm³/mol. The minimum absolute atomic E-state index is 0.0260. The number of imide groups is 2. The van der Waals surface area contributed by atoms with Crippen LogP contribution in [0.3, 0.4) is 0 Å². The molecular formula is C51H56FN7O8. The van der Waals surface area contributed by atoms with Crippen molar-refractivity contribution in [1.82, 2.24) is 25.4 Å². The highest BCUT2D eigenvalue weighted by Gasteiger charge is 2.46. The molecule has 3 aromatic carbocycles. The fourth-order valence-corrected chi connectivity index (χ4v) is 9.85. The Morgan fingerprint density at radius 1 is 0.985 bits per heavy atom. The molecule has 4 aliphatic rings. The van der Waals surface area contributed by atoms with E-state index in [4.69, 9.17) is 15.2 Å². The Labute approximate surface area is 388 Å². The van der Waals surface area contributed by atoms with Crippen LogP contribution < -0.4 is 31.2 Å². The van der Waals surface area contributed by atoms with Crippen LogP contribution in [0.15, 0.2) is 60.8 Å². The van der Waals surface area contributed by atoms with Gasteiger partial charge in [0.25, 0.3) is 23.6 Å². The van der Waals surface area contributed by atoms with Gasteiger partial charge in [0.15, 0.2) is 6.17 Å². The van der Waals surface area contributed by atoms with Crippen molar-refractivity contribution in [1.29, 1.82) is 0 Å². The maximum atomic E-state index is 14.5. The van der Waals surface area contributed by atoms with Crippen LogP contribution in [0.2, 0.25) is 0 Å². The van der Waals surface area contributed by atoms with Gasteiger partial charge in [-0.2, -0.15) is 0 Å². The number of fused-ring (bicyclic) bond motifs is 2. The van der Waals surface area contributed by atoms with Crippen molar-refractivity contribution < 1.29 is 42.6 Å². The molecule has 1 saturated carbocycles. The lowest BCUT2D eigenvalue weighted by Crippen LogP contribution is -2.54. The molecule has 15 nitrogen and oxygen atoms in total. The second-order valence-electron chi connectivity index (χ2n) is 18.0.